The molecule has 2 amide bonds. The smallest absolute Gasteiger partial charge is 0.264 e. The molecule has 38 heavy (non-hydrogen) atoms. The summed E-state index contributed by atoms with van der Waals surface area (Å²) in [6, 6.07) is 22.2. The fourth-order valence-electron chi connectivity index (χ4n) is 4.30. The second-order valence-electron chi connectivity index (χ2n) is 9.27. The van der Waals surface area contributed by atoms with Crippen molar-refractivity contribution in [3.8, 4) is 0 Å². The lowest BCUT2D eigenvalue weighted by atomic mass is 10.1. The summed E-state index contributed by atoms with van der Waals surface area (Å²) >= 11 is 0. The lowest BCUT2D eigenvalue weighted by Gasteiger charge is -2.33. The van der Waals surface area contributed by atoms with E-state index in [0.717, 1.165) is 23.1 Å². The van der Waals surface area contributed by atoms with Gasteiger partial charge in [0.15, 0.2) is 0 Å². The number of hydrogen-bond donors (Lipinski definition) is 1. The Morgan fingerprint density at radius 2 is 1.50 bits per heavy atom. The van der Waals surface area contributed by atoms with Gasteiger partial charge >= 0.3 is 0 Å². The zero-order valence-corrected chi connectivity index (χ0v) is 23.4. The number of nitrogens with one attached hydrogen (secondary N) is 1. The summed E-state index contributed by atoms with van der Waals surface area (Å²) in [6.07, 6.45) is 1.16. The maximum Gasteiger partial charge on any atom is 0.264 e. The number of carbonyl (C=O) groups is 2. The SMILES string of the molecule is CCCNC(=O)[C@H](CC)N(Cc1ccccc1)C(=O)CN(c1cccc(C)c1C)S(=O)(=O)c1ccccc1. The van der Waals surface area contributed by atoms with Crippen LogP contribution in [-0.2, 0) is 26.2 Å². The molecule has 3 aromatic rings. The van der Waals surface area contributed by atoms with Gasteiger partial charge in [-0.25, -0.2) is 8.42 Å². The Morgan fingerprint density at radius 1 is 0.868 bits per heavy atom. The average Bonchev–Trinajstić information content (AvgIpc) is 2.93. The monoisotopic (exact) mass is 535 g/mol. The van der Waals surface area contributed by atoms with E-state index in [1.54, 1.807) is 30.3 Å². The fourth-order valence-corrected chi connectivity index (χ4v) is 5.80. The van der Waals surface area contributed by atoms with Crippen LogP contribution in [-0.4, -0.2) is 44.3 Å². The maximum atomic E-state index is 14.0. The number of rotatable bonds is 12. The fraction of sp³-hybridized carbons (Fsp3) is 0.333. The highest BCUT2D eigenvalue weighted by atomic mass is 32.2. The predicted octanol–water partition coefficient (Wildman–Crippen LogP) is 4.83. The molecule has 0 heterocycles. The Balaban J connectivity index is 2.07. The number of sulfonamides is 1. The van der Waals surface area contributed by atoms with Crippen LogP contribution in [0.25, 0.3) is 0 Å². The van der Waals surface area contributed by atoms with E-state index in [1.807, 2.05) is 64.1 Å². The largest absolute Gasteiger partial charge is 0.354 e. The summed E-state index contributed by atoms with van der Waals surface area (Å²) in [4.78, 5) is 28.7. The molecule has 0 aliphatic carbocycles. The molecule has 0 unspecified atom stereocenters. The van der Waals surface area contributed by atoms with Crippen molar-refractivity contribution in [1.29, 1.82) is 0 Å². The minimum atomic E-state index is -4.08. The van der Waals surface area contributed by atoms with Crippen LogP contribution in [0.1, 0.15) is 43.4 Å². The standard InChI is InChI=1S/C30H37N3O4S/c1-5-20-31-30(35)27(6-2)32(21-25-15-9-7-10-16-25)29(34)22-33(28-19-13-14-23(3)24(28)4)38(36,37)26-17-11-8-12-18-26/h7-19,27H,5-6,20-22H2,1-4H3,(H,31,35)/t27-/m0/s1. The van der Waals surface area contributed by atoms with Crippen LogP contribution in [0.5, 0.6) is 0 Å². The van der Waals surface area contributed by atoms with Gasteiger partial charge in [-0.1, -0.05) is 74.5 Å². The number of carbonyl (C=O) groups excluding carboxylic acids is 2. The summed E-state index contributed by atoms with van der Waals surface area (Å²) < 4.78 is 29.0. The molecule has 0 bridgehead atoms. The number of aryl methyl sites for hydroxylation is 1. The second-order valence-corrected chi connectivity index (χ2v) is 11.1. The van der Waals surface area contributed by atoms with Gasteiger partial charge in [0.2, 0.25) is 11.8 Å². The number of hydrogen-bond acceptors (Lipinski definition) is 4. The van der Waals surface area contributed by atoms with Crippen molar-refractivity contribution in [2.75, 3.05) is 17.4 Å². The van der Waals surface area contributed by atoms with Crippen molar-refractivity contribution in [2.24, 2.45) is 0 Å². The van der Waals surface area contributed by atoms with Gasteiger partial charge in [-0.05, 0) is 61.6 Å². The number of anilines is 1. The van der Waals surface area contributed by atoms with Crippen LogP contribution in [0.4, 0.5) is 5.69 Å². The maximum absolute atomic E-state index is 14.0. The average molecular weight is 536 g/mol. The molecule has 0 spiro atoms. The third-order valence-corrected chi connectivity index (χ3v) is 8.36. The number of amides is 2. The van der Waals surface area contributed by atoms with Crippen LogP contribution in [0, 0.1) is 13.8 Å². The van der Waals surface area contributed by atoms with Crippen LogP contribution in [0.3, 0.4) is 0 Å². The highest BCUT2D eigenvalue weighted by molar-refractivity contribution is 7.92. The third kappa shape index (κ3) is 6.81. The minimum Gasteiger partial charge on any atom is -0.354 e. The molecule has 3 rings (SSSR count). The van der Waals surface area contributed by atoms with Crippen LogP contribution < -0.4 is 9.62 Å². The Kier molecular flexibility index (Phi) is 10.1. The lowest BCUT2D eigenvalue weighted by molar-refractivity contribution is -0.140. The van der Waals surface area contributed by atoms with E-state index in [9.17, 15) is 18.0 Å². The topological polar surface area (TPSA) is 86.8 Å². The van der Waals surface area contributed by atoms with Crippen molar-refractivity contribution >= 4 is 27.5 Å². The van der Waals surface area contributed by atoms with Gasteiger partial charge in [-0.15, -0.1) is 0 Å². The summed E-state index contributed by atoms with van der Waals surface area (Å²) in [7, 11) is -4.08. The van der Waals surface area contributed by atoms with Gasteiger partial charge in [0, 0.05) is 13.1 Å². The molecule has 7 nitrogen and oxygen atoms in total. The summed E-state index contributed by atoms with van der Waals surface area (Å²) in [5.74, 6) is -0.699. The highest BCUT2D eigenvalue weighted by Crippen LogP contribution is 2.29. The summed E-state index contributed by atoms with van der Waals surface area (Å²) in [5.41, 5.74) is 2.97. The van der Waals surface area contributed by atoms with Gasteiger partial charge in [0.1, 0.15) is 12.6 Å². The molecule has 0 fully saturated rings. The highest BCUT2D eigenvalue weighted by Gasteiger charge is 2.34. The van der Waals surface area contributed by atoms with Crippen LogP contribution in [0.2, 0.25) is 0 Å². The lowest BCUT2D eigenvalue weighted by Crippen LogP contribution is -2.52. The first kappa shape index (κ1) is 28.9. The molecular weight excluding hydrogens is 498 g/mol. The van der Waals surface area contributed by atoms with E-state index in [0.29, 0.717) is 18.7 Å². The molecular formula is C30H37N3O4S. The van der Waals surface area contributed by atoms with Crippen LogP contribution in [0.15, 0.2) is 83.8 Å². The molecule has 0 saturated carbocycles. The molecule has 0 saturated heterocycles. The van der Waals surface area contributed by atoms with Crippen molar-refractivity contribution in [3.05, 3.63) is 95.6 Å². The van der Waals surface area contributed by atoms with Gasteiger partial charge in [0.05, 0.1) is 10.6 Å². The molecule has 0 aliphatic heterocycles. The zero-order chi connectivity index (χ0) is 27.7. The van der Waals surface area contributed by atoms with E-state index in [1.165, 1.54) is 21.3 Å². The van der Waals surface area contributed by atoms with Gasteiger partial charge in [-0.3, -0.25) is 13.9 Å². The summed E-state index contributed by atoms with van der Waals surface area (Å²) in [6.45, 7) is 7.81. The van der Waals surface area contributed by atoms with E-state index >= 15 is 0 Å². The Hall–Kier alpha value is -3.65. The summed E-state index contributed by atoms with van der Waals surface area (Å²) in [5, 5.41) is 2.90. The molecule has 202 valence electrons. The van der Waals surface area contributed by atoms with E-state index in [2.05, 4.69) is 5.32 Å². The van der Waals surface area contributed by atoms with Gasteiger partial charge < -0.3 is 10.2 Å². The minimum absolute atomic E-state index is 0.0936. The van der Waals surface area contributed by atoms with Crippen molar-refractivity contribution in [3.63, 3.8) is 0 Å². The van der Waals surface area contributed by atoms with Crippen molar-refractivity contribution < 1.29 is 18.0 Å². The van der Waals surface area contributed by atoms with Crippen molar-refractivity contribution in [1.82, 2.24) is 10.2 Å². The van der Waals surface area contributed by atoms with E-state index in [4.69, 9.17) is 0 Å². The Bertz CT molecular complexity index is 1330. The van der Waals surface area contributed by atoms with Crippen molar-refractivity contribution in [2.45, 2.75) is 58.0 Å². The predicted molar refractivity (Wildman–Crippen MR) is 151 cm³/mol. The quantitative estimate of drug-likeness (QED) is 0.360. The molecule has 1 N–H and O–H groups in total. The number of benzene rings is 3. The molecule has 1 atom stereocenters. The van der Waals surface area contributed by atoms with E-state index in [-0.39, 0.29) is 17.3 Å². The normalized spacial score (nSPS) is 12.0. The second kappa shape index (κ2) is 13.2. The molecule has 0 aliphatic rings. The Labute approximate surface area is 226 Å². The zero-order valence-electron chi connectivity index (χ0n) is 22.6. The first-order valence-electron chi connectivity index (χ1n) is 13.0. The van der Waals surface area contributed by atoms with Gasteiger partial charge in [0.25, 0.3) is 10.0 Å². The first-order chi connectivity index (χ1) is 18.2. The molecule has 8 heteroatoms. The molecule has 0 aromatic heterocycles. The number of nitrogens with zero attached hydrogens (tertiary/aromatic N) is 2. The van der Waals surface area contributed by atoms with E-state index < -0.39 is 28.5 Å². The van der Waals surface area contributed by atoms with Crippen LogP contribution >= 0.6 is 0 Å². The third-order valence-electron chi connectivity index (χ3n) is 6.59. The molecule has 0 radical (unpaired) electrons. The van der Waals surface area contributed by atoms with Gasteiger partial charge in [-0.2, -0.15) is 0 Å². The molecule has 3 aromatic carbocycles. The Morgan fingerprint density at radius 3 is 2.11 bits per heavy atom. The first-order valence-corrected chi connectivity index (χ1v) is 14.4.